The van der Waals surface area contributed by atoms with E-state index in [0.717, 1.165) is 28.8 Å². The zero-order chi connectivity index (χ0) is 14.9. The summed E-state index contributed by atoms with van der Waals surface area (Å²) < 4.78 is 26.1. The maximum absolute atomic E-state index is 13.2. The van der Waals surface area contributed by atoms with Gasteiger partial charge in [0.05, 0.1) is 6.10 Å². The number of aliphatic hydroxyl groups excluding tert-OH is 1. The summed E-state index contributed by atoms with van der Waals surface area (Å²) in [4.78, 5) is 0. The molecule has 0 radical (unpaired) electrons. The van der Waals surface area contributed by atoms with Crippen LogP contribution in [0.2, 0.25) is 0 Å². The fourth-order valence-electron chi connectivity index (χ4n) is 2.56. The summed E-state index contributed by atoms with van der Waals surface area (Å²) in [5, 5.41) is 10.2. The minimum Gasteiger partial charge on any atom is -0.388 e. The summed E-state index contributed by atoms with van der Waals surface area (Å²) in [5.74, 6) is -1.83. The van der Waals surface area contributed by atoms with E-state index < -0.39 is 17.7 Å². The van der Waals surface area contributed by atoms with Crippen LogP contribution < -0.4 is 0 Å². The summed E-state index contributed by atoms with van der Waals surface area (Å²) >= 11 is 0. The van der Waals surface area contributed by atoms with E-state index in [2.05, 4.69) is 12.1 Å². The van der Waals surface area contributed by atoms with Crippen LogP contribution in [-0.4, -0.2) is 5.11 Å². The molecule has 0 aromatic heterocycles. The fraction of sp³-hybridized carbons (Fsp3) is 0.294. The smallest absolute Gasteiger partial charge is 0.159 e. The molecule has 106 valence electrons. The van der Waals surface area contributed by atoms with Gasteiger partial charge in [0.2, 0.25) is 0 Å². The molecule has 0 bridgehead atoms. The van der Waals surface area contributed by atoms with E-state index in [1.54, 1.807) is 0 Å². The lowest BCUT2D eigenvalue weighted by atomic mass is 9.93. The molecule has 2 aromatic carbocycles. The average Bonchev–Trinajstić information content (AvgIpc) is 2.36. The van der Waals surface area contributed by atoms with E-state index in [4.69, 9.17) is 0 Å². The standard InChI is InChI=1S/C17H18F2O/c1-10-6-11(2)14(12(3)7-10)9-17(20)13-4-5-15(18)16(19)8-13/h4-8,17,20H,9H2,1-3H3. The lowest BCUT2D eigenvalue weighted by molar-refractivity contribution is 0.177. The molecule has 20 heavy (non-hydrogen) atoms. The molecule has 0 saturated carbocycles. The minimum atomic E-state index is -0.932. The minimum absolute atomic E-state index is 0.392. The van der Waals surface area contributed by atoms with Gasteiger partial charge in [0, 0.05) is 6.42 Å². The van der Waals surface area contributed by atoms with E-state index >= 15 is 0 Å². The Morgan fingerprint density at radius 1 is 0.950 bits per heavy atom. The second-order valence-corrected chi connectivity index (χ2v) is 5.27. The van der Waals surface area contributed by atoms with Crippen molar-refractivity contribution >= 4 is 0 Å². The van der Waals surface area contributed by atoms with Gasteiger partial charge in [-0.15, -0.1) is 0 Å². The van der Waals surface area contributed by atoms with Gasteiger partial charge in [-0.3, -0.25) is 0 Å². The van der Waals surface area contributed by atoms with Crippen molar-refractivity contribution in [3.63, 3.8) is 0 Å². The molecule has 0 spiro atoms. The second-order valence-electron chi connectivity index (χ2n) is 5.27. The molecule has 0 aliphatic carbocycles. The first-order chi connectivity index (χ1) is 9.38. The molecule has 0 fully saturated rings. The predicted molar refractivity (Wildman–Crippen MR) is 75.7 cm³/mol. The van der Waals surface area contributed by atoms with Gasteiger partial charge in [-0.05, 0) is 55.2 Å². The Balaban J connectivity index is 2.27. The van der Waals surface area contributed by atoms with Gasteiger partial charge in [0.25, 0.3) is 0 Å². The number of hydrogen-bond acceptors (Lipinski definition) is 1. The highest BCUT2D eigenvalue weighted by Crippen LogP contribution is 2.25. The highest BCUT2D eigenvalue weighted by Gasteiger charge is 2.14. The fourth-order valence-corrected chi connectivity index (χ4v) is 2.56. The van der Waals surface area contributed by atoms with Crippen LogP contribution in [0.1, 0.15) is 33.9 Å². The maximum atomic E-state index is 13.2. The van der Waals surface area contributed by atoms with Crippen molar-refractivity contribution in [2.75, 3.05) is 0 Å². The summed E-state index contributed by atoms with van der Waals surface area (Å²) in [6, 6.07) is 7.63. The largest absolute Gasteiger partial charge is 0.388 e. The lowest BCUT2D eigenvalue weighted by Crippen LogP contribution is -2.06. The molecule has 1 nitrogen and oxygen atoms in total. The highest BCUT2D eigenvalue weighted by molar-refractivity contribution is 5.38. The van der Waals surface area contributed by atoms with E-state index in [0.29, 0.717) is 12.0 Å². The number of benzene rings is 2. The molecule has 0 aliphatic heterocycles. The Kier molecular flexibility index (Phi) is 4.19. The van der Waals surface area contributed by atoms with Gasteiger partial charge in [0.1, 0.15) is 0 Å². The summed E-state index contributed by atoms with van der Waals surface area (Å²) in [6.07, 6.45) is -0.451. The number of hydrogen-bond donors (Lipinski definition) is 1. The molecule has 0 saturated heterocycles. The Morgan fingerprint density at radius 2 is 1.55 bits per heavy atom. The molecule has 3 heteroatoms. The van der Waals surface area contributed by atoms with Crippen molar-refractivity contribution in [2.24, 2.45) is 0 Å². The molecule has 1 unspecified atom stereocenters. The van der Waals surface area contributed by atoms with Gasteiger partial charge in [-0.25, -0.2) is 8.78 Å². The zero-order valence-electron chi connectivity index (χ0n) is 11.9. The van der Waals surface area contributed by atoms with Gasteiger partial charge >= 0.3 is 0 Å². The monoisotopic (exact) mass is 276 g/mol. The van der Waals surface area contributed by atoms with E-state index in [9.17, 15) is 13.9 Å². The van der Waals surface area contributed by atoms with Crippen LogP contribution in [0.5, 0.6) is 0 Å². The molecule has 2 rings (SSSR count). The molecule has 2 aromatic rings. The normalized spacial score (nSPS) is 12.5. The van der Waals surface area contributed by atoms with Crippen LogP contribution in [-0.2, 0) is 6.42 Å². The quantitative estimate of drug-likeness (QED) is 0.892. The van der Waals surface area contributed by atoms with Crippen molar-refractivity contribution in [1.82, 2.24) is 0 Å². The number of aryl methyl sites for hydroxylation is 3. The summed E-state index contributed by atoms with van der Waals surface area (Å²) in [7, 11) is 0. The third kappa shape index (κ3) is 3.05. The molecular formula is C17H18F2O. The van der Waals surface area contributed by atoms with E-state index in [1.807, 2.05) is 20.8 Å². The Bertz CT molecular complexity index is 612. The summed E-state index contributed by atoms with van der Waals surface area (Å²) in [6.45, 7) is 6.01. The Morgan fingerprint density at radius 3 is 2.10 bits per heavy atom. The molecule has 0 heterocycles. The van der Waals surface area contributed by atoms with Crippen LogP contribution in [0.3, 0.4) is 0 Å². The van der Waals surface area contributed by atoms with Gasteiger partial charge in [0.15, 0.2) is 11.6 Å². The number of halogens is 2. The van der Waals surface area contributed by atoms with Crippen LogP contribution in [0.4, 0.5) is 8.78 Å². The SMILES string of the molecule is Cc1cc(C)c(CC(O)c2ccc(F)c(F)c2)c(C)c1. The third-order valence-electron chi connectivity index (χ3n) is 3.57. The lowest BCUT2D eigenvalue weighted by Gasteiger charge is -2.16. The predicted octanol–water partition coefficient (Wildman–Crippen LogP) is 4.17. The molecular weight excluding hydrogens is 258 g/mol. The Hall–Kier alpha value is -1.74. The van der Waals surface area contributed by atoms with Gasteiger partial charge in [-0.2, -0.15) is 0 Å². The van der Waals surface area contributed by atoms with Crippen molar-refractivity contribution in [1.29, 1.82) is 0 Å². The van der Waals surface area contributed by atoms with E-state index in [1.165, 1.54) is 11.6 Å². The first-order valence-corrected chi connectivity index (χ1v) is 6.58. The number of rotatable bonds is 3. The van der Waals surface area contributed by atoms with E-state index in [-0.39, 0.29) is 0 Å². The van der Waals surface area contributed by atoms with Crippen molar-refractivity contribution in [3.05, 3.63) is 69.8 Å². The van der Waals surface area contributed by atoms with Crippen molar-refractivity contribution in [2.45, 2.75) is 33.3 Å². The van der Waals surface area contributed by atoms with Crippen LogP contribution in [0.25, 0.3) is 0 Å². The maximum Gasteiger partial charge on any atom is 0.159 e. The van der Waals surface area contributed by atoms with Crippen LogP contribution >= 0.6 is 0 Å². The van der Waals surface area contributed by atoms with Crippen molar-refractivity contribution < 1.29 is 13.9 Å². The van der Waals surface area contributed by atoms with Crippen LogP contribution in [0.15, 0.2) is 30.3 Å². The average molecular weight is 276 g/mol. The first kappa shape index (κ1) is 14.7. The highest BCUT2D eigenvalue weighted by atomic mass is 19.2. The third-order valence-corrected chi connectivity index (χ3v) is 3.57. The molecule has 1 N–H and O–H groups in total. The first-order valence-electron chi connectivity index (χ1n) is 6.58. The zero-order valence-corrected chi connectivity index (χ0v) is 11.9. The Labute approximate surface area is 117 Å². The van der Waals surface area contributed by atoms with Crippen LogP contribution in [0, 0.1) is 32.4 Å². The molecule has 0 amide bonds. The number of aliphatic hydroxyl groups is 1. The second kappa shape index (κ2) is 5.71. The molecule has 0 aliphatic rings. The molecule has 1 atom stereocenters. The summed E-state index contributed by atoms with van der Waals surface area (Å²) in [5.41, 5.74) is 4.82. The topological polar surface area (TPSA) is 20.2 Å². The van der Waals surface area contributed by atoms with Gasteiger partial charge in [-0.1, -0.05) is 23.8 Å². The van der Waals surface area contributed by atoms with Crippen molar-refractivity contribution in [3.8, 4) is 0 Å². The van der Waals surface area contributed by atoms with Gasteiger partial charge < -0.3 is 5.11 Å².